The molecule has 8 heteroatoms. The molecule has 0 unspecified atom stereocenters. The topological polar surface area (TPSA) is 55.2 Å². The van der Waals surface area contributed by atoms with Crippen LogP contribution in [0.25, 0.3) is 15.9 Å². The van der Waals surface area contributed by atoms with Gasteiger partial charge in [-0.2, -0.15) is 0 Å². The van der Waals surface area contributed by atoms with E-state index in [4.69, 9.17) is 16.6 Å². The van der Waals surface area contributed by atoms with Crippen molar-refractivity contribution in [2.75, 3.05) is 12.3 Å². The lowest BCUT2D eigenvalue weighted by Crippen LogP contribution is -2.38. The zero-order chi connectivity index (χ0) is 26.1. The summed E-state index contributed by atoms with van der Waals surface area (Å²) in [6.45, 7) is 9.74. The van der Waals surface area contributed by atoms with E-state index in [-0.39, 0.29) is 28.0 Å². The molecule has 1 amide bonds. The number of carbonyl (C=O) groups is 1. The number of rotatable bonds is 4. The molecule has 3 heterocycles. The standard InChI is InChI=1S/C29H34ClN3O2S2/c1-17-20(30)9-7-10-21(17)33-26(35)24-19-8-5-6-11-22(19)37-25(24)31-27(33)36-14-23(34)32-16-29(4)13-18(32)12-28(2,3)15-29/h7,9-10,18H,5-6,8,11-16H2,1-4H3/t18-,29+/m1/s1. The van der Waals surface area contributed by atoms with Crippen molar-refractivity contribution in [3.8, 4) is 5.69 Å². The van der Waals surface area contributed by atoms with Crippen molar-refractivity contribution in [1.29, 1.82) is 0 Å². The lowest BCUT2D eigenvalue weighted by molar-refractivity contribution is -0.129. The monoisotopic (exact) mass is 555 g/mol. The Morgan fingerprint density at radius 3 is 2.81 bits per heavy atom. The number of aromatic nitrogens is 2. The molecule has 0 N–H and O–H groups in total. The summed E-state index contributed by atoms with van der Waals surface area (Å²) < 4.78 is 1.70. The van der Waals surface area contributed by atoms with E-state index in [0.29, 0.717) is 16.2 Å². The predicted molar refractivity (Wildman–Crippen MR) is 154 cm³/mol. The van der Waals surface area contributed by atoms with Gasteiger partial charge in [0.15, 0.2) is 5.16 Å². The highest BCUT2D eigenvalue weighted by Crippen LogP contribution is 2.52. The van der Waals surface area contributed by atoms with E-state index in [1.807, 2.05) is 25.1 Å². The zero-order valence-electron chi connectivity index (χ0n) is 22.0. The number of amides is 1. The highest BCUT2D eigenvalue weighted by atomic mass is 35.5. The Balaban J connectivity index is 1.38. The molecule has 37 heavy (non-hydrogen) atoms. The van der Waals surface area contributed by atoms with Gasteiger partial charge in [-0.3, -0.25) is 14.2 Å². The lowest BCUT2D eigenvalue weighted by atomic mass is 9.65. The Hall–Kier alpha value is -1.83. The number of halogens is 1. The lowest BCUT2D eigenvalue weighted by Gasteiger charge is -2.39. The number of thiophene rings is 1. The van der Waals surface area contributed by atoms with Crippen molar-refractivity contribution in [1.82, 2.24) is 14.5 Å². The fraction of sp³-hybridized carbons (Fsp3) is 0.552. The summed E-state index contributed by atoms with van der Waals surface area (Å²) >= 11 is 9.52. The summed E-state index contributed by atoms with van der Waals surface area (Å²) in [6.07, 6.45) is 7.49. The van der Waals surface area contributed by atoms with Crippen LogP contribution in [0.2, 0.25) is 5.02 Å². The maximum absolute atomic E-state index is 14.1. The summed E-state index contributed by atoms with van der Waals surface area (Å²) in [6, 6.07) is 5.94. The maximum atomic E-state index is 14.1. The average Bonchev–Trinajstić information content (AvgIpc) is 3.32. The zero-order valence-corrected chi connectivity index (χ0v) is 24.4. The second-order valence-corrected chi connectivity index (χ2v) is 14.8. The normalized spacial score (nSPS) is 24.5. The number of aryl methyl sites for hydroxylation is 2. The minimum absolute atomic E-state index is 0.0454. The minimum Gasteiger partial charge on any atom is -0.338 e. The number of likely N-dealkylation sites (tertiary alicyclic amines) is 1. The van der Waals surface area contributed by atoms with E-state index in [0.717, 1.165) is 73.0 Å². The molecule has 2 aliphatic carbocycles. The van der Waals surface area contributed by atoms with Crippen molar-refractivity contribution in [3.63, 3.8) is 0 Å². The van der Waals surface area contributed by atoms with E-state index in [1.54, 1.807) is 15.9 Å². The van der Waals surface area contributed by atoms with Crippen LogP contribution in [-0.2, 0) is 17.6 Å². The highest BCUT2D eigenvalue weighted by Gasteiger charge is 2.50. The molecule has 3 aliphatic rings. The first-order chi connectivity index (χ1) is 17.6. The molecule has 3 aromatic rings. The van der Waals surface area contributed by atoms with Crippen LogP contribution in [0.1, 0.15) is 68.9 Å². The molecule has 5 nitrogen and oxygen atoms in total. The van der Waals surface area contributed by atoms with Crippen molar-refractivity contribution in [2.45, 2.75) is 83.8 Å². The van der Waals surface area contributed by atoms with Crippen LogP contribution in [-0.4, -0.2) is 38.7 Å². The smallest absolute Gasteiger partial charge is 0.267 e. The average molecular weight is 556 g/mol. The summed E-state index contributed by atoms with van der Waals surface area (Å²) in [4.78, 5) is 36.9. The van der Waals surface area contributed by atoms with Gasteiger partial charge in [0, 0.05) is 22.5 Å². The SMILES string of the molecule is Cc1c(Cl)cccc1-n1c(SCC(=O)N2C[C@@]3(C)C[C@H]2CC(C)(C)C3)nc2sc3c(c2c1=O)CCCC3. The van der Waals surface area contributed by atoms with E-state index in [9.17, 15) is 9.59 Å². The van der Waals surface area contributed by atoms with E-state index in [1.165, 1.54) is 22.2 Å². The maximum Gasteiger partial charge on any atom is 0.267 e. The third-order valence-electron chi connectivity index (χ3n) is 8.50. The van der Waals surface area contributed by atoms with Gasteiger partial charge < -0.3 is 4.90 Å². The van der Waals surface area contributed by atoms with Gasteiger partial charge in [-0.25, -0.2) is 4.98 Å². The van der Waals surface area contributed by atoms with Gasteiger partial charge in [-0.05, 0) is 86.0 Å². The number of hydrogen-bond acceptors (Lipinski definition) is 5. The third-order valence-corrected chi connectivity index (χ3v) is 11.0. The number of carbonyl (C=O) groups excluding carboxylic acids is 1. The first kappa shape index (κ1) is 25.4. The van der Waals surface area contributed by atoms with Crippen LogP contribution in [0.15, 0.2) is 28.2 Å². The summed E-state index contributed by atoms with van der Waals surface area (Å²) in [5, 5.41) is 1.94. The summed E-state index contributed by atoms with van der Waals surface area (Å²) in [7, 11) is 0. The number of nitrogens with zero attached hydrogens (tertiary/aromatic N) is 3. The van der Waals surface area contributed by atoms with Crippen LogP contribution >= 0.6 is 34.7 Å². The molecule has 2 fully saturated rings. The molecule has 196 valence electrons. The quantitative estimate of drug-likeness (QED) is 0.262. The number of thioether (sulfide) groups is 1. The van der Waals surface area contributed by atoms with E-state index >= 15 is 0 Å². The Morgan fingerprint density at radius 2 is 2.00 bits per heavy atom. The van der Waals surface area contributed by atoms with Crippen molar-refractivity contribution in [2.24, 2.45) is 10.8 Å². The van der Waals surface area contributed by atoms with Crippen LogP contribution in [0.3, 0.4) is 0 Å². The van der Waals surface area contributed by atoms with Gasteiger partial charge in [0.25, 0.3) is 5.56 Å². The van der Waals surface area contributed by atoms with Crippen LogP contribution in [0.5, 0.6) is 0 Å². The predicted octanol–water partition coefficient (Wildman–Crippen LogP) is 6.81. The summed E-state index contributed by atoms with van der Waals surface area (Å²) in [5.74, 6) is 0.418. The second kappa shape index (κ2) is 9.13. The summed E-state index contributed by atoms with van der Waals surface area (Å²) in [5.41, 5.74) is 3.16. The van der Waals surface area contributed by atoms with Crippen LogP contribution in [0, 0.1) is 17.8 Å². The largest absolute Gasteiger partial charge is 0.338 e. The van der Waals surface area contributed by atoms with Gasteiger partial charge in [0.2, 0.25) is 5.91 Å². The molecule has 0 spiro atoms. The fourth-order valence-electron chi connectivity index (χ4n) is 7.29. The third kappa shape index (κ3) is 4.45. The van der Waals surface area contributed by atoms with E-state index in [2.05, 4.69) is 25.7 Å². The van der Waals surface area contributed by atoms with Gasteiger partial charge in [-0.1, -0.05) is 50.2 Å². The van der Waals surface area contributed by atoms with Crippen LogP contribution in [0.4, 0.5) is 0 Å². The molecule has 1 saturated heterocycles. The van der Waals surface area contributed by atoms with Crippen molar-refractivity contribution >= 4 is 50.8 Å². The van der Waals surface area contributed by atoms with Gasteiger partial charge in [0.1, 0.15) is 4.83 Å². The van der Waals surface area contributed by atoms with E-state index < -0.39 is 0 Å². The molecule has 0 radical (unpaired) electrons. The Bertz CT molecular complexity index is 1480. The number of hydrogen-bond donors (Lipinski definition) is 0. The van der Waals surface area contributed by atoms with Crippen molar-refractivity contribution < 1.29 is 4.79 Å². The first-order valence-electron chi connectivity index (χ1n) is 13.3. The second-order valence-electron chi connectivity index (χ2n) is 12.3. The van der Waals surface area contributed by atoms with Crippen LogP contribution < -0.4 is 5.56 Å². The van der Waals surface area contributed by atoms with Crippen molar-refractivity contribution in [3.05, 3.63) is 49.6 Å². The van der Waals surface area contributed by atoms with Gasteiger partial charge in [-0.15, -0.1) is 11.3 Å². The molecule has 2 bridgehead atoms. The molecule has 1 saturated carbocycles. The molecule has 6 rings (SSSR count). The highest BCUT2D eigenvalue weighted by molar-refractivity contribution is 7.99. The molecule has 1 aromatic carbocycles. The number of benzene rings is 1. The van der Waals surface area contributed by atoms with Gasteiger partial charge in [0.05, 0.1) is 16.8 Å². The minimum atomic E-state index is -0.0454. The molecule has 2 aromatic heterocycles. The number of fused-ring (bicyclic) bond motifs is 5. The Kier molecular flexibility index (Phi) is 6.28. The fourth-order valence-corrected chi connectivity index (χ4v) is 9.66. The Labute approximate surface area is 231 Å². The first-order valence-corrected chi connectivity index (χ1v) is 15.5. The Morgan fingerprint density at radius 1 is 1.22 bits per heavy atom. The van der Waals surface area contributed by atoms with Gasteiger partial charge >= 0.3 is 0 Å². The molecule has 2 atom stereocenters. The molecule has 1 aliphatic heterocycles. The molecular weight excluding hydrogens is 522 g/mol. The molecular formula is C29H34ClN3O2S2.